The number of hydrogen-bond donors (Lipinski definition) is 2. The van der Waals surface area contributed by atoms with Crippen molar-refractivity contribution in [1.29, 1.82) is 0 Å². The van der Waals surface area contributed by atoms with Crippen LogP contribution in [0.1, 0.15) is 59.2 Å². The van der Waals surface area contributed by atoms with Crippen molar-refractivity contribution < 1.29 is 27.3 Å². The molecule has 1 fully saturated rings. The molecule has 0 radical (unpaired) electrons. The fourth-order valence-electron chi connectivity index (χ4n) is 4.65. The fraction of sp³-hybridized carbons (Fsp3) is 0.375. The normalized spacial score (nSPS) is 21.6. The van der Waals surface area contributed by atoms with Crippen molar-refractivity contribution in [1.82, 2.24) is 15.1 Å². The Kier molecular flexibility index (Phi) is 5.78. The van der Waals surface area contributed by atoms with Crippen LogP contribution in [0, 0.1) is 11.8 Å². The SMILES string of the molecule is NC(=O)c1nc([C@H]2CCCCc3cc(-c4ccnc(NC(=O)[C@@H]5C[C@H]5C(F)(F)F)c4)ccc32)no1. The first-order valence-corrected chi connectivity index (χ1v) is 11.3. The molecule has 0 spiro atoms. The number of aryl methyl sites for hydroxylation is 1. The van der Waals surface area contributed by atoms with E-state index in [0.717, 1.165) is 47.9 Å². The molecule has 0 bridgehead atoms. The van der Waals surface area contributed by atoms with Crippen molar-refractivity contribution in [3.63, 3.8) is 0 Å². The molecule has 182 valence electrons. The zero-order chi connectivity index (χ0) is 24.7. The van der Waals surface area contributed by atoms with E-state index in [2.05, 4.69) is 20.4 Å². The second-order valence-electron chi connectivity index (χ2n) is 8.94. The molecular formula is C24H22F3N5O3. The van der Waals surface area contributed by atoms with Crippen molar-refractivity contribution in [3.8, 4) is 11.1 Å². The van der Waals surface area contributed by atoms with Crippen LogP contribution in [-0.2, 0) is 11.2 Å². The molecule has 2 aromatic heterocycles. The van der Waals surface area contributed by atoms with Crippen LogP contribution >= 0.6 is 0 Å². The highest BCUT2D eigenvalue weighted by molar-refractivity contribution is 5.94. The van der Waals surface area contributed by atoms with Crippen LogP contribution in [0.15, 0.2) is 41.1 Å². The quantitative estimate of drug-likeness (QED) is 0.522. The number of amides is 2. The second-order valence-corrected chi connectivity index (χ2v) is 8.94. The summed E-state index contributed by atoms with van der Waals surface area (Å²) in [6, 6.07) is 9.38. The average Bonchev–Trinajstić information content (AvgIpc) is 3.55. The molecule has 0 saturated heterocycles. The van der Waals surface area contributed by atoms with Gasteiger partial charge in [-0.15, -0.1) is 0 Å². The van der Waals surface area contributed by atoms with Crippen LogP contribution in [0.4, 0.5) is 19.0 Å². The molecule has 3 aromatic rings. The average molecular weight is 485 g/mol. The predicted octanol–water partition coefficient (Wildman–Crippen LogP) is 4.23. The zero-order valence-electron chi connectivity index (χ0n) is 18.5. The minimum Gasteiger partial charge on any atom is -0.361 e. The topological polar surface area (TPSA) is 124 Å². The van der Waals surface area contributed by atoms with Crippen LogP contribution in [-0.4, -0.2) is 33.1 Å². The van der Waals surface area contributed by atoms with Crippen molar-refractivity contribution in [2.24, 2.45) is 17.6 Å². The summed E-state index contributed by atoms with van der Waals surface area (Å²) in [5.74, 6) is -3.82. The Morgan fingerprint density at radius 3 is 2.63 bits per heavy atom. The summed E-state index contributed by atoms with van der Waals surface area (Å²) in [5.41, 5.74) is 9.04. The molecule has 35 heavy (non-hydrogen) atoms. The molecule has 0 aliphatic heterocycles. The number of anilines is 1. The third kappa shape index (κ3) is 4.75. The molecule has 3 atom stereocenters. The molecule has 1 saturated carbocycles. The summed E-state index contributed by atoms with van der Waals surface area (Å²) >= 11 is 0. The highest BCUT2D eigenvalue weighted by Crippen LogP contribution is 2.50. The smallest absolute Gasteiger partial charge is 0.361 e. The number of alkyl halides is 3. The number of primary amides is 1. The van der Waals surface area contributed by atoms with E-state index >= 15 is 0 Å². The molecule has 8 nitrogen and oxygen atoms in total. The van der Waals surface area contributed by atoms with Crippen molar-refractivity contribution in [3.05, 3.63) is 59.4 Å². The van der Waals surface area contributed by atoms with Gasteiger partial charge < -0.3 is 15.6 Å². The second kappa shape index (κ2) is 8.79. The number of aromatic nitrogens is 3. The number of benzene rings is 1. The van der Waals surface area contributed by atoms with Crippen LogP contribution in [0.5, 0.6) is 0 Å². The van der Waals surface area contributed by atoms with E-state index < -0.39 is 29.8 Å². The predicted molar refractivity (Wildman–Crippen MR) is 118 cm³/mol. The minimum atomic E-state index is -4.36. The molecule has 0 unspecified atom stereocenters. The Labute approximate surface area is 198 Å². The first-order chi connectivity index (χ1) is 16.7. The number of carbonyl (C=O) groups is 2. The first-order valence-electron chi connectivity index (χ1n) is 11.3. The van der Waals surface area contributed by atoms with Gasteiger partial charge in [0.25, 0.3) is 0 Å². The molecule has 1 aromatic carbocycles. The Balaban J connectivity index is 1.37. The van der Waals surface area contributed by atoms with E-state index in [-0.39, 0.29) is 24.0 Å². The van der Waals surface area contributed by atoms with E-state index in [9.17, 15) is 22.8 Å². The van der Waals surface area contributed by atoms with E-state index in [1.807, 2.05) is 18.2 Å². The number of nitrogens with one attached hydrogen (secondary N) is 1. The molecule has 2 heterocycles. The van der Waals surface area contributed by atoms with Crippen molar-refractivity contribution >= 4 is 17.6 Å². The fourth-order valence-corrected chi connectivity index (χ4v) is 4.65. The van der Waals surface area contributed by atoms with Gasteiger partial charge >= 0.3 is 18.0 Å². The summed E-state index contributed by atoms with van der Waals surface area (Å²) in [6.45, 7) is 0. The van der Waals surface area contributed by atoms with Crippen LogP contribution < -0.4 is 11.1 Å². The molecule has 2 aliphatic carbocycles. The summed E-state index contributed by atoms with van der Waals surface area (Å²) in [6.07, 6.45) is 0.513. The highest BCUT2D eigenvalue weighted by atomic mass is 19.4. The van der Waals surface area contributed by atoms with Gasteiger partial charge in [0.05, 0.1) is 11.8 Å². The third-order valence-corrected chi connectivity index (χ3v) is 6.56. The van der Waals surface area contributed by atoms with Crippen molar-refractivity contribution in [2.45, 2.75) is 44.2 Å². The van der Waals surface area contributed by atoms with Crippen LogP contribution in [0.3, 0.4) is 0 Å². The summed E-state index contributed by atoms with van der Waals surface area (Å²) in [4.78, 5) is 31.8. The minimum absolute atomic E-state index is 0.134. The molecule has 2 aliphatic rings. The lowest BCUT2D eigenvalue weighted by Gasteiger charge is -2.16. The third-order valence-electron chi connectivity index (χ3n) is 6.56. The maximum Gasteiger partial charge on any atom is 0.392 e. The molecule has 11 heteroatoms. The standard InChI is InChI=1S/C24H22F3N5O3/c25-24(26,27)18-11-17(18)22(34)30-19-10-13(7-8-29-19)12-5-6-15-14(9-12)3-1-2-4-16(15)21-31-23(20(28)33)35-32-21/h5-10,16-18H,1-4,11H2,(H2,28,33)(H,29,30,34)/t16-,17+,18+/m0/s1. The van der Waals surface area contributed by atoms with E-state index in [1.54, 1.807) is 12.1 Å². The number of carbonyl (C=O) groups excluding carboxylic acids is 2. The Morgan fingerprint density at radius 2 is 1.91 bits per heavy atom. The van der Waals surface area contributed by atoms with E-state index in [1.165, 1.54) is 6.20 Å². The number of pyridine rings is 1. The van der Waals surface area contributed by atoms with Gasteiger partial charge in [0.1, 0.15) is 5.82 Å². The van der Waals surface area contributed by atoms with Gasteiger partial charge in [-0.2, -0.15) is 18.2 Å². The monoisotopic (exact) mass is 485 g/mol. The molecular weight excluding hydrogens is 463 g/mol. The van der Waals surface area contributed by atoms with Crippen LogP contribution in [0.25, 0.3) is 11.1 Å². The van der Waals surface area contributed by atoms with Crippen LogP contribution in [0.2, 0.25) is 0 Å². The maximum absolute atomic E-state index is 12.8. The van der Waals surface area contributed by atoms with E-state index in [0.29, 0.717) is 5.82 Å². The number of fused-ring (bicyclic) bond motifs is 1. The van der Waals surface area contributed by atoms with Gasteiger partial charge in [-0.25, -0.2) is 4.98 Å². The van der Waals surface area contributed by atoms with Gasteiger partial charge in [0.2, 0.25) is 5.91 Å². The van der Waals surface area contributed by atoms with Gasteiger partial charge in [0, 0.05) is 12.1 Å². The maximum atomic E-state index is 12.8. The lowest BCUT2D eigenvalue weighted by molar-refractivity contribution is -0.153. The number of nitrogens with zero attached hydrogens (tertiary/aromatic N) is 3. The Bertz CT molecular complexity index is 1290. The molecule has 2 amide bonds. The zero-order valence-corrected chi connectivity index (χ0v) is 18.5. The van der Waals surface area contributed by atoms with Crippen molar-refractivity contribution in [2.75, 3.05) is 5.32 Å². The van der Waals surface area contributed by atoms with Gasteiger partial charge in [-0.3, -0.25) is 9.59 Å². The van der Waals surface area contributed by atoms with Gasteiger partial charge in [-0.05, 0) is 60.1 Å². The lowest BCUT2D eigenvalue weighted by atomic mass is 9.90. The number of hydrogen-bond acceptors (Lipinski definition) is 6. The van der Waals surface area contributed by atoms with E-state index in [4.69, 9.17) is 10.3 Å². The molecule has 5 rings (SSSR count). The largest absolute Gasteiger partial charge is 0.392 e. The van der Waals surface area contributed by atoms with Gasteiger partial charge in [0.15, 0.2) is 5.82 Å². The highest BCUT2D eigenvalue weighted by Gasteiger charge is 2.58. The number of nitrogens with two attached hydrogens (primary N) is 1. The Morgan fingerprint density at radius 1 is 1.11 bits per heavy atom. The number of halogens is 3. The summed E-state index contributed by atoms with van der Waals surface area (Å²) < 4.78 is 43.3. The van der Waals surface area contributed by atoms with Gasteiger partial charge in [-0.1, -0.05) is 29.8 Å². The first kappa shape index (κ1) is 23.0. The Hall–Kier alpha value is -3.76. The summed E-state index contributed by atoms with van der Waals surface area (Å²) in [5, 5.41) is 6.47. The summed E-state index contributed by atoms with van der Waals surface area (Å²) in [7, 11) is 0. The number of rotatable bonds is 5. The molecule has 3 N–H and O–H groups in total. The lowest BCUT2D eigenvalue weighted by Crippen LogP contribution is -2.20.